The fourth-order valence-corrected chi connectivity index (χ4v) is 2.78. The fourth-order valence-electron chi connectivity index (χ4n) is 2.78. The van der Waals surface area contributed by atoms with Crippen molar-refractivity contribution in [1.82, 2.24) is 16.2 Å². The van der Waals surface area contributed by atoms with Crippen molar-refractivity contribution in [2.24, 2.45) is 0 Å². The third-order valence-corrected chi connectivity index (χ3v) is 3.97. The highest BCUT2D eigenvalue weighted by atomic mass is 15.3. The van der Waals surface area contributed by atoms with Crippen LogP contribution in [0.3, 0.4) is 0 Å². The van der Waals surface area contributed by atoms with Crippen molar-refractivity contribution < 1.29 is 0 Å². The first-order valence-electron chi connectivity index (χ1n) is 7.28. The van der Waals surface area contributed by atoms with E-state index in [2.05, 4.69) is 54.3 Å². The third kappa shape index (κ3) is 3.05. The van der Waals surface area contributed by atoms with E-state index in [0.717, 1.165) is 24.2 Å². The molecular formula is C17H25N3. The van der Waals surface area contributed by atoms with Gasteiger partial charge >= 0.3 is 0 Å². The molecule has 0 fully saturated rings. The highest BCUT2D eigenvalue weighted by Crippen LogP contribution is 2.28. The molecule has 3 heteroatoms. The summed E-state index contributed by atoms with van der Waals surface area (Å²) < 4.78 is 0. The summed E-state index contributed by atoms with van der Waals surface area (Å²) in [4.78, 5) is 0. The topological polar surface area (TPSA) is 36.1 Å². The van der Waals surface area contributed by atoms with Gasteiger partial charge in [0.25, 0.3) is 0 Å². The van der Waals surface area contributed by atoms with Crippen LogP contribution in [-0.4, -0.2) is 14.1 Å². The van der Waals surface area contributed by atoms with E-state index < -0.39 is 0 Å². The van der Waals surface area contributed by atoms with Crippen LogP contribution in [0.25, 0.3) is 6.08 Å². The Labute approximate surface area is 122 Å². The number of rotatable bonds is 4. The normalized spacial score (nSPS) is 15.7. The van der Waals surface area contributed by atoms with Gasteiger partial charge in [0.15, 0.2) is 0 Å². The summed E-state index contributed by atoms with van der Waals surface area (Å²) in [7, 11) is 3.86. The Morgan fingerprint density at radius 2 is 1.95 bits per heavy atom. The first-order valence-corrected chi connectivity index (χ1v) is 7.28. The summed E-state index contributed by atoms with van der Waals surface area (Å²) in [5, 5.41) is 3.24. The molecule has 0 aromatic heterocycles. The van der Waals surface area contributed by atoms with E-state index in [9.17, 15) is 0 Å². The molecule has 1 aromatic carbocycles. The van der Waals surface area contributed by atoms with Crippen molar-refractivity contribution in [2.75, 3.05) is 14.1 Å². The van der Waals surface area contributed by atoms with Crippen LogP contribution in [0.15, 0.2) is 35.2 Å². The van der Waals surface area contributed by atoms with E-state index in [0.29, 0.717) is 0 Å². The zero-order valence-corrected chi connectivity index (χ0v) is 12.9. The van der Waals surface area contributed by atoms with Crippen LogP contribution >= 0.6 is 0 Å². The number of nitrogens with one attached hydrogen (secondary N) is 3. The highest BCUT2D eigenvalue weighted by Gasteiger charge is 2.14. The minimum absolute atomic E-state index is 1.09. The van der Waals surface area contributed by atoms with Gasteiger partial charge in [0, 0.05) is 19.8 Å². The van der Waals surface area contributed by atoms with E-state index >= 15 is 0 Å². The Kier molecular flexibility index (Phi) is 4.85. The molecule has 1 aliphatic rings. The van der Waals surface area contributed by atoms with Crippen molar-refractivity contribution in [3.8, 4) is 0 Å². The second-order valence-corrected chi connectivity index (χ2v) is 5.29. The van der Waals surface area contributed by atoms with Crippen molar-refractivity contribution in [1.29, 1.82) is 0 Å². The van der Waals surface area contributed by atoms with E-state index in [-0.39, 0.29) is 0 Å². The molecular weight excluding hydrogens is 246 g/mol. The van der Waals surface area contributed by atoms with E-state index in [4.69, 9.17) is 0 Å². The van der Waals surface area contributed by atoms with Gasteiger partial charge in [-0.25, -0.2) is 5.43 Å². The van der Waals surface area contributed by atoms with Crippen molar-refractivity contribution in [2.45, 2.75) is 33.1 Å². The molecule has 0 bridgehead atoms. The van der Waals surface area contributed by atoms with Crippen molar-refractivity contribution in [3.63, 3.8) is 0 Å². The summed E-state index contributed by atoms with van der Waals surface area (Å²) >= 11 is 0. The quantitative estimate of drug-likeness (QED) is 0.737. The van der Waals surface area contributed by atoms with E-state index in [1.54, 1.807) is 0 Å². The number of hydrazine groups is 1. The van der Waals surface area contributed by atoms with Crippen LogP contribution in [0.5, 0.6) is 0 Å². The summed E-state index contributed by atoms with van der Waals surface area (Å²) in [6.45, 7) is 4.31. The van der Waals surface area contributed by atoms with Gasteiger partial charge in [0.05, 0.1) is 5.70 Å². The molecule has 0 spiro atoms. The minimum atomic E-state index is 1.09. The minimum Gasteiger partial charge on any atom is -0.390 e. The zero-order chi connectivity index (χ0) is 14.5. The van der Waals surface area contributed by atoms with E-state index in [1.165, 1.54) is 28.7 Å². The molecule has 0 saturated carbocycles. The second kappa shape index (κ2) is 6.62. The highest BCUT2D eigenvalue weighted by molar-refractivity contribution is 5.63. The molecule has 2 rings (SSSR count). The predicted octanol–water partition coefficient (Wildman–Crippen LogP) is 2.89. The maximum absolute atomic E-state index is 3.28. The molecule has 3 nitrogen and oxygen atoms in total. The molecule has 1 aromatic rings. The lowest BCUT2D eigenvalue weighted by Gasteiger charge is -2.16. The number of hydrogen-bond donors (Lipinski definition) is 3. The largest absolute Gasteiger partial charge is 0.390 e. The maximum atomic E-state index is 3.28. The lowest BCUT2D eigenvalue weighted by Crippen LogP contribution is -2.30. The number of aryl methyl sites for hydroxylation is 1. The average Bonchev–Trinajstić information content (AvgIpc) is 2.67. The Balaban J connectivity index is 2.46. The number of hydrogen-bond acceptors (Lipinski definition) is 3. The number of benzene rings is 1. The van der Waals surface area contributed by atoms with Crippen molar-refractivity contribution >= 4 is 6.08 Å². The molecule has 0 heterocycles. The maximum Gasteiger partial charge on any atom is 0.0706 e. The van der Waals surface area contributed by atoms with Crippen LogP contribution in [0.4, 0.5) is 0 Å². The summed E-state index contributed by atoms with van der Waals surface area (Å²) in [5.74, 6) is 0. The standard InChI is InChI=1S/C17H25N3/c1-12-7-5-8-14-11-15(9-6-10-16(12)14)17(20-19-4)13(2)18-3/h5,7-8,11,18-20H,6,9-10H2,1-4H3/b17-13-. The van der Waals surface area contributed by atoms with Gasteiger partial charge in [-0.3, -0.25) is 0 Å². The molecule has 0 amide bonds. The molecule has 20 heavy (non-hydrogen) atoms. The van der Waals surface area contributed by atoms with Gasteiger partial charge < -0.3 is 10.7 Å². The van der Waals surface area contributed by atoms with Crippen LogP contribution in [0.2, 0.25) is 0 Å². The zero-order valence-electron chi connectivity index (χ0n) is 12.9. The lowest BCUT2D eigenvalue weighted by atomic mass is 9.99. The van der Waals surface area contributed by atoms with Crippen LogP contribution in [-0.2, 0) is 6.42 Å². The van der Waals surface area contributed by atoms with Crippen molar-refractivity contribution in [3.05, 3.63) is 51.9 Å². The van der Waals surface area contributed by atoms with Gasteiger partial charge in [0.1, 0.15) is 0 Å². The molecule has 0 aliphatic heterocycles. The van der Waals surface area contributed by atoms with Gasteiger partial charge in [-0.15, -0.1) is 0 Å². The van der Waals surface area contributed by atoms with Crippen LogP contribution < -0.4 is 16.2 Å². The average molecular weight is 271 g/mol. The number of fused-ring (bicyclic) bond motifs is 1. The van der Waals surface area contributed by atoms with Gasteiger partial charge in [-0.1, -0.05) is 18.2 Å². The second-order valence-electron chi connectivity index (χ2n) is 5.29. The van der Waals surface area contributed by atoms with Gasteiger partial charge in [0.2, 0.25) is 0 Å². The Morgan fingerprint density at radius 3 is 2.65 bits per heavy atom. The smallest absolute Gasteiger partial charge is 0.0706 e. The third-order valence-electron chi connectivity index (χ3n) is 3.97. The molecule has 0 radical (unpaired) electrons. The molecule has 1 aliphatic carbocycles. The molecule has 0 unspecified atom stereocenters. The van der Waals surface area contributed by atoms with Gasteiger partial charge in [-0.05, 0) is 61.4 Å². The Bertz CT molecular complexity index is 541. The van der Waals surface area contributed by atoms with Gasteiger partial charge in [-0.2, -0.15) is 0 Å². The van der Waals surface area contributed by atoms with Crippen LogP contribution in [0.1, 0.15) is 36.5 Å². The molecule has 3 N–H and O–H groups in total. The predicted molar refractivity (Wildman–Crippen MR) is 86.0 cm³/mol. The lowest BCUT2D eigenvalue weighted by molar-refractivity contribution is 0.667. The Hall–Kier alpha value is -1.74. The molecule has 108 valence electrons. The fraction of sp³-hybridized carbons (Fsp3) is 0.412. The summed E-state index contributed by atoms with van der Waals surface area (Å²) in [5.41, 5.74) is 14.2. The molecule has 0 atom stereocenters. The SMILES string of the molecule is CNN/C(C1=Cc2cccc(C)c2CCC1)=C(/C)NC. The first-order chi connectivity index (χ1) is 9.67. The Morgan fingerprint density at radius 1 is 1.15 bits per heavy atom. The van der Waals surface area contributed by atoms with Crippen LogP contribution in [0, 0.1) is 6.92 Å². The summed E-state index contributed by atoms with van der Waals surface area (Å²) in [6, 6.07) is 6.58. The summed E-state index contributed by atoms with van der Waals surface area (Å²) in [6.07, 6.45) is 5.77. The van der Waals surface area contributed by atoms with E-state index in [1.807, 2.05) is 14.1 Å². The monoisotopic (exact) mass is 271 g/mol. The molecule has 0 saturated heterocycles. The first kappa shape index (κ1) is 14.7. The number of allylic oxidation sites excluding steroid dienone is 2.